The van der Waals surface area contributed by atoms with Crippen molar-refractivity contribution in [2.45, 2.75) is 45.2 Å². The molecule has 0 aromatic rings. The molecule has 0 bridgehead atoms. The highest BCUT2D eigenvalue weighted by Gasteiger charge is 2.61. The van der Waals surface area contributed by atoms with Crippen LogP contribution >= 0.6 is 7.60 Å². The van der Waals surface area contributed by atoms with Gasteiger partial charge in [0.15, 0.2) is 6.08 Å². The van der Waals surface area contributed by atoms with Crippen LogP contribution in [0.3, 0.4) is 0 Å². The predicted molar refractivity (Wildman–Crippen MR) is 106 cm³/mol. The quantitative estimate of drug-likeness (QED) is 0.165. The predicted octanol–water partition coefficient (Wildman–Crippen LogP) is 1.06. The van der Waals surface area contributed by atoms with E-state index in [9.17, 15) is 35.7 Å². The summed E-state index contributed by atoms with van der Waals surface area (Å²) < 4.78 is 75.8. The van der Waals surface area contributed by atoms with E-state index in [1.807, 2.05) is 11.8 Å². The molecular weight excluding hydrogens is 445 g/mol. The normalized spacial score (nSPS) is 30.7. The fourth-order valence-corrected chi connectivity index (χ4v) is 6.67. The Bertz CT molecular complexity index is 937. The first-order valence-corrected chi connectivity index (χ1v) is 13.9. The molecule has 4 unspecified atom stereocenters. The van der Waals surface area contributed by atoms with Gasteiger partial charge < -0.3 is 9.79 Å². The molecule has 1 fully saturated rings. The maximum absolute atomic E-state index is 12.0. The van der Waals surface area contributed by atoms with E-state index in [0.717, 1.165) is 0 Å². The molecule has 29 heavy (non-hydrogen) atoms. The van der Waals surface area contributed by atoms with Gasteiger partial charge in [0.05, 0.1) is 23.9 Å². The van der Waals surface area contributed by atoms with Crippen LogP contribution in [0.15, 0.2) is 17.1 Å². The molecule has 166 valence electrons. The highest BCUT2D eigenvalue weighted by Crippen LogP contribution is 2.55. The number of nitrogens with zero attached hydrogens (tertiary/aromatic N) is 1. The van der Waals surface area contributed by atoms with Crippen molar-refractivity contribution < 1.29 is 40.3 Å². The smallest absolute Gasteiger partial charge is 0.324 e. The molecule has 1 heterocycles. The summed E-state index contributed by atoms with van der Waals surface area (Å²) >= 11 is 0. The Balaban J connectivity index is 2.33. The van der Waals surface area contributed by atoms with Crippen molar-refractivity contribution in [3.05, 3.63) is 23.1 Å². The summed E-state index contributed by atoms with van der Waals surface area (Å²) in [6, 6.07) is -0.785. The Morgan fingerprint density at radius 1 is 1.21 bits per heavy atom. The molecular formula is C16H27NO9PS2+. The number of likely N-dealkylation sites (tertiary alicyclic amines) is 1. The number of unbranched alkanes of at least 4 members (excludes halogenated alkanes) is 1. The van der Waals surface area contributed by atoms with E-state index in [1.165, 1.54) is 6.08 Å². The molecule has 1 saturated heterocycles. The zero-order valence-corrected chi connectivity index (χ0v) is 18.7. The highest BCUT2D eigenvalue weighted by molar-refractivity contribution is 7.89. The third-order valence-electron chi connectivity index (χ3n) is 5.98. The van der Waals surface area contributed by atoms with Gasteiger partial charge >= 0.3 is 17.7 Å². The lowest BCUT2D eigenvalue weighted by molar-refractivity contribution is 0.159. The third kappa shape index (κ3) is 5.94. The van der Waals surface area contributed by atoms with E-state index in [0.29, 0.717) is 13.0 Å². The fraction of sp³-hybridized carbons (Fsp3) is 0.750. The van der Waals surface area contributed by atoms with Crippen LogP contribution in [0.4, 0.5) is 0 Å². The van der Waals surface area contributed by atoms with Crippen molar-refractivity contribution in [1.29, 1.82) is 0 Å². The number of hydrogen-bond donors (Lipinski definition) is 4. The van der Waals surface area contributed by atoms with Crippen LogP contribution in [-0.4, -0.2) is 71.2 Å². The minimum Gasteiger partial charge on any atom is -0.324 e. The lowest BCUT2D eigenvalue weighted by Crippen LogP contribution is -2.39. The summed E-state index contributed by atoms with van der Waals surface area (Å²) in [7, 11) is -13.0. The fourth-order valence-electron chi connectivity index (χ4n) is 4.38. The monoisotopic (exact) mass is 472 g/mol. The summed E-state index contributed by atoms with van der Waals surface area (Å²) in [4.78, 5) is 20.3. The second kappa shape index (κ2) is 8.45. The van der Waals surface area contributed by atoms with Gasteiger partial charge in [-0.3, -0.25) is 18.6 Å². The number of hydrogen-bond acceptors (Lipinski definition) is 6. The Morgan fingerprint density at radius 3 is 2.34 bits per heavy atom. The van der Waals surface area contributed by atoms with Crippen LogP contribution in [0.2, 0.25) is 0 Å². The van der Waals surface area contributed by atoms with Crippen molar-refractivity contribution in [3.63, 3.8) is 0 Å². The topological polar surface area (TPSA) is 170 Å². The molecule has 10 nitrogen and oxygen atoms in total. The second-order valence-electron chi connectivity index (χ2n) is 7.86. The molecule has 2 aliphatic rings. The molecule has 1 aliphatic carbocycles. The van der Waals surface area contributed by atoms with Crippen LogP contribution in [0.1, 0.15) is 33.1 Å². The zero-order chi connectivity index (χ0) is 22.3. The maximum atomic E-state index is 12.0. The molecule has 1 aliphatic heterocycles. The summed E-state index contributed by atoms with van der Waals surface area (Å²) in [6.07, 6.45) is 5.90. The van der Waals surface area contributed by atoms with Crippen molar-refractivity contribution in [1.82, 2.24) is 4.90 Å². The minimum atomic E-state index is -4.58. The summed E-state index contributed by atoms with van der Waals surface area (Å²) in [5, 5.41) is 0. The van der Waals surface area contributed by atoms with Crippen LogP contribution in [0.25, 0.3) is 0 Å². The largest absolute Gasteiger partial charge is 0.325 e. The van der Waals surface area contributed by atoms with Gasteiger partial charge in [-0.1, -0.05) is 6.92 Å². The van der Waals surface area contributed by atoms with Gasteiger partial charge in [0.2, 0.25) is 4.91 Å². The molecule has 13 heteroatoms. The average Bonchev–Trinajstić information content (AvgIpc) is 2.76. The summed E-state index contributed by atoms with van der Waals surface area (Å²) in [5.74, 6) is -1.15. The first-order valence-electron chi connectivity index (χ1n) is 9.09. The van der Waals surface area contributed by atoms with Gasteiger partial charge in [0.25, 0.3) is 10.1 Å². The maximum Gasteiger partial charge on any atom is 0.325 e. The average molecular weight is 472 g/mol. The standard InChI is InChI=1S/C16H26NO9PS2/c1-12-16(2,8-10-27(18,19)20)15-13(6-5-7-14(15)29(24,25)26)17(12)9-3-4-11-28(21,22)23/h5-6,12-13,15H,3-4,8-11H2,1-2H3,(H3-,18,19,20,21,22,23,24,25,26)/p+1. The third-order valence-corrected chi connectivity index (χ3v) is 8.51. The molecule has 0 amide bonds. The molecule has 0 aromatic carbocycles. The van der Waals surface area contributed by atoms with E-state index in [2.05, 4.69) is 6.08 Å². The van der Waals surface area contributed by atoms with Crippen LogP contribution in [0.5, 0.6) is 0 Å². The molecule has 4 N–H and O–H groups in total. The Morgan fingerprint density at radius 2 is 1.83 bits per heavy atom. The van der Waals surface area contributed by atoms with Crippen molar-refractivity contribution >= 4 is 27.8 Å². The molecule has 0 radical (unpaired) electrons. The van der Waals surface area contributed by atoms with E-state index in [1.54, 1.807) is 13.0 Å². The molecule has 0 aromatic heterocycles. The van der Waals surface area contributed by atoms with Crippen LogP contribution < -0.4 is 0 Å². The molecule has 0 spiro atoms. The highest BCUT2D eigenvalue weighted by atomic mass is 32.2. The minimum absolute atomic E-state index is 0.0235. The second-order valence-corrected chi connectivity index (χ2v) is 12.6. The van der Waals surface area contributed by atoms with Gasteiger partial charge in [-0.2, -0.15) is 16.8 Å². The lowest BCUT2D eigenvalue weighted by atomic mass is 9.70. The van der Waals surface area contributed by atoms with Crippen molar-refractivity contribution in [3.8, 4) is 0 Å². The van der Waals surface area contributed by atoms with E-state index < -0.39 is 57.1 Å². The zero-order valence-electron chi connectivity index (χ0n) is 16.2. The van der Waals surface area contributed by atoms with E-state index >= 15 is 0 Å². The summed E-state index contributed by atoms with van der Waals surface area (Å²) in [5.41, 5.74) is -0.891. The number of rotatable bonds is 9. The Kier molecular flexibility index (Phi) is 7.17. The summed E-state index contributed by atoms with van der Waals surface area (Å²) in [6.45, 7) is 3.93. The molecule has 4 atom stereocenters. The SMILES string of the molecule is CC1N(CCCCS(=O)(=O)O)C2C=C[C+]=C(S(=O)(=O)O)C2C1(C)CCP(=O)(O)O. The van der Waals surface area contributed by atoms with E-state index in [4.69, 9.17) is 4.55 Å². The lowest BCUT2D eigenvalue weighted by Gasteiger charge is -2.35. The van der Waals surface area contributed by atoms with Gasteiger partial charge in [0.1, 0.15) is 12.1 Å². The molecule has 2 rings (SSSR count). The van der Waals surface area contributed by atoms with Crippen LogP contribution in [0, 0.1) is 17.4 Å². The number of allylic oxidation sites excluding steroid dienone is 2. The van der Waals surface area contributed by atoms with Gasteiger partial charge in [-0.05, 0) is 31.6 Å². The van der Waals surface area contributed by atoms with Gasteiger partial charge in [-0.15, -0.1) is 0 Å². The first-order chi connectivity index (χ1) is 13.1. The van der Waals surface area contributed by atoms with Gasteiger partial charge in [-0.25, -0.2) is 0 Å². The van der Waals surface area contributed by atoms with Crippen molar-refractivity contribution in [2.24, 2.45) is 11.3 Å². The van der Waals surface area contributed by atoms with Crippen LogP contribution in [-0.2, 0) is 24.8 Å². The van der Waals surface area contributed by atoms with Crippen molar-refractivity contribution in [2.75, 3.05) is 18.5 Å². The Labute approximate surface area is 171 Å². The van der Waals surface area contributed by atoms with Gasteiger partial charge in [0, 0.05) is 12.6 Å². The first kappa shape index (κ1) is 24.6. The Hall–Kier alpha value is -0.680. The molecule has 0 saturated carbocycles. The van der Waals surface area contributed by atoms with E-state index in [-0.39, 0.29) is 23.8 Å². The number of fused-ring (bicyclic) bond motifs is 1.